The molecule has 0 radical (unpaired) electrons. The van der Waals surface area contributed by atoms with E-state index in [-0.39, 0.29) is 50.0 Å². The number of ether oxygens (including phenoxy) is 2. The number of methoxy groups -OCH3 is 1. The Labute approximate surface area is 190 Å². The molecule has 0 aliphatic heterocycles. The molecule has 0 unspecified atom stereocenters. The fraction of sp³-hybridized carbons (Fsp3) is 0.176. The van der Waals surface area contributed by atoms with Crippen LogP contribution in [0, 0.1) is 0 Å². The van der Waals surface area contributed by atoms with Crippen LogP contribution >= 0.6 is 58.0 Å². The summed E-state index contributed by atoms with van der Waals surface area (Å²) in [6.45, 7) is 0.189. The molecule has 154 valence electrons. The maximum atomic E-state index is 12.3. The zero-order chi connectivity index (χ0) is 21.1. The number of hydrogen-bond acceptors (Lipinski definition) is 5. The maximum absolute atomic E-state index is 12.3. The monoisotopic (exact) mass is 497 g/mol. The fourth-order valence-corrected chi connectivity index (χ4v) is 3.49. The molecule has 3 rings (SSSR count). The lowest BCUT2D eigenvalue weighted by Crippen LogP contribution is -2.10. The summed E-state index contributed by atoms with van der Waals surface area (Å²) in [4.78, 5) is 12.3. The smallest absolute Gasteiger partial charge is 0.291 e. The topological polar surface area (TPSA) is 78.5 Å². The first-order valence-corrected chi connectivity index (χ1v) is 9.76. The van der Waals surface area contributed by atoms with Gasteiger partial charge in [0.15, 0.2) is 11.5 Å². The molecule has 0 saturated carbocycles. The number of rotatable bonds is 7. The minimum absolute atomic E-state index is 0.0173. The standard InChI is InChI=1S/C17H12Cl5N3O4/c1-27-7-25-5-8(4-23-25)24-17(26)10-3-2-9(29-10)6-28-16-14(21)12(19)11(18)13(20)15(16)22/h2-5H,6-7H2,1H3,(H,24,26). The van der Waals surface area contributed by atoms with Gasteiger partial charge in [-0.15, -0.1) is 0 Å². The van der Waals surface area contributed by atoms with Crippen molar-refractivity contribution < 1.29 is 18.7 Å². The maximum Gasteiger partial charge on any atom is 0.291 e. The molecule has 1 N–H and O–H groups in total. The molecule has 2 heterocycles. The number of nitrogens with one attached hydrogen (secondary N) is 1. The van der Waals surface area contributed by atoms with E-state index in [1.54, 1.807) is 19.4 Å². The summed E-state index contributed by atoms with van der Waals surface area (Å²) in [5.41, 5.74) is 0.491. The van der Waals surface area contributed by atoms with Gasteiger partial charge in [0.1, 0.15) is 29.1 Å². The number of carbonyl (C=O) groups excluding carboxylic acids is 1. The van der Waals surface area contributed by atoms with Gasteiger partial charge < -0.3 is 19.2 Å². The van der Waals surface area contributed by atoms with Gasteiger partial charge >= 0.3 is 0 Å². The van der Waals surface area contributed by atoms with Crippen molar-refractivity contribution in [2.45, 2.75) is 13.3 Å². The molecule has 0 aliphatic rings. The van der Waals surface area contributed by atoms with Crippen molar-refractivity contribution in [2.24, 2.45) is 0 Å². The van der Waals surface area contributed by atoms with Gasteiger partial charge in [0, 0.05) is 7.11 Å². The summed E-state index contributed by atoms with van der Waals surface area (Å²) in [6.07, 6.45) is 3.11. The molecule has 12 heteroatoms. The van der Waals surface area contributed by atoms with Gasteiger partial charge in [-0.05, 0) is 12.1 Å². The molecular weight excluding hydrogens is 487 g/mol. The summed E-state index contributed by atoms with van der Waals surface area (Å²) >= 11 is 30.2. The van der Waals surface area contributed by atoms with E-state index in [0.717, 1.165) is 0 Å². The van der Waals surface area contributed by atoms with Gasteiger partial charge in [-0.1, -0.05) is 58.0 Å². The molecule has 0 saturated heterocycles. The normalized spacial score (nSPS) is 11.0. The van der Waals surface area contributed by atoms with E-state index in [1.807, 2.05) is 0 Å². The van der Waals surface area contributed by atoms with Gasteiger partial charge in [-0.3, -0.25) is 4.79 Å². The number of anilines is 1. The summed E-state index contributed by atoms with van der Waals surface area (Å²) in [6, 6.07) is 3.07. The van der Waals surface area contributed by atoms with Crippen LogP contribution in [0.25, 0.3) is 0 Å². The van der Waals surface area contributed by atoms with Gasteiger partial charge in [0.2, 0.25) is 0 Å². The molecular formula is C17H12Cl5N3O4. The predicted molar refractivity (Wildman–Crippen MR) is 112 cm³/mol. The van der Waals surface area contributed by atoms with Gasteiger partial charge in [-0.25, -0.2) is 4.68 Å². The number of amides is 1. The highest BCUT2D eigenvalue weighted by Gasteiger charge is 2.21. The first-order chi connectivity index (χ1) is 13.8. The Kier molecular flexibility index (Phi) is 7.21. The summed E-state index contributed by atoms with van der Waals surface area (Å²) in [7, 11) is 1.54. The van der Waals surface area contributed by atoms with Crippen LogP contribution in [-0.2, 0) is 18.1 Å². The minimum Gasteiger partial charge on any atom is -0.482 e. The highest BCUT2D eigenvalue weighted by atomic mass is 35.5. The molecule has 0 aliphatic carbocycles. The van der Waals surface area contributed by atoms with Crippen molar-refractivity contribution >= 4 is 69.6 Å². The van der Waals surface area contributed by atoms with Crippen LogP contribution < -0.4 is 10.1 Å². The van der Waals surface area contributed by atoms with Gasteiger partial charge in [0.05, 0.1) is 33.1 Å². The quantitative estimate of drug-likeness (QED) is 0.310. The SMILES string of the molecule is COCn1cc(NC(=O)c2ccc(COc3c(Cl)c(Cl)c(Cl)c(Cl)c3Cl)o2)cn1. The van der Waals surface area contributed by atoms with E-state index >= 15 is 0 Å². The number of aromatic nitrogens is 2. The third kappa shape index (κ3) is 4.94. The predicted octanol–water partition coefficient (Wildman–Crippen LogP) is 6.18. The molecule has 0 bridgehead atoms. The van der Waals surface area contributed by atoms with Crippen molar-refractivity contribution in [3.63, 3.8) is 0 Å². The van der Waals surface area contributed by atoms with Crippen molar-refractivity contribution in [3.05, 3.63) is 61.2 Å². The Balaban J connectivity index is 1.67. The van der Waals surface area contributed by atoms with Crippen molar-refractivity contribution in [3.8, 4) is 5.75 Å². The van der Waals surface area contributed by atoms with Crippen LogP contribution in [0.15, 0.2) is 28.9 Å². The number of nitrogens with zero attached hydrogens (tertiary/aromatic N) is 2. The Hall–Kier alpha value is -1.61. The molecule has 1 amide bonds. The van der Waals surface area contributed by atoms with Crippen LogP contribution in [0.2, 0.25) is 25.1 Å². The fourth-order valence-electron chi connectivity index (χ4n) is 2.26. The zero-order valence-electron chi connectivity index (χ0n) is 14.6. The van der Waals surface area contributed by atoms with Crippen LogP contribution in [0.3, 0.4) is 0 Å². The number of furan rings is 1. The second kappa shape index (κ2) is 9.47. The molecule has 1 aromatic carbocycles. The lowest BCUT2D eigenvalue weighted by Gasteiger charge is -2.12. The summed E-state index contributed by atoms with van der Waals surface area (Å²) in [5.74, 6) is 0.0227. The Morgan fingerprint density at radius 3 is 2.41 bits per heavy atom. The van der Waals surface area contributed by atoms with Crippen LogP contribution in [0.5, 0.6) is 5.75 Å². The lowest BCUT2D eigenvalue weighted by molar-refractivity contribution is 0.0992. The van der Waals surface area contributed by atoms with Gasteiger partial charge in [-0.2, -0.15) is 5.10 Å². The van der Waals surface area contributed by atoms with Crippen molar-refractivity contribution in [1.82, 2.24) is 9.78 Å². The largest absolute Gasteiger partial charge is 0.482 e. The van der Waals surface area contributed by atoms with Crippen molar-refractivity contribution in [1.29, 1.82) is 0 Å². The van der Waals surface area contributed by atoms with E-state index in [0.29, 0.717) is 11.4 Å². The Bertz CT molecular complexity index is 1020. The first-order valence-electron chi connectivity index (χ1n) is 7.87. The summed E-state index contributed by atoms with van der Waals surface area (Å²) < 4.78 is 17.5. The van der Waals surface area contributed by atoms with E-state index < -0.39 is 5.91 Å². The van der Waals surface area contributed by atoms with Gasteiger partial charge in [0.25, 0.3) is 5.91 Å². The van der Waals surface area contributed by atoms with Crippen LogP contribution in [0.4, 0.5) is 5.69 Å². The lowest BCUT2D eigenvalue weighted by atomic mass is 10.3. The third-order valence-corrected chi connectivity index (χ3v) is 5.81. The molecule has 0 atom stereocenters. The number of benzene rings is 1. The third-order valence-electron chi connectivity index (χ3n) is 3.57. The number of halogens is 5. The molecule has 7 nitrogen and oxygen atoms in total. The number of hydrogen-bond donors (Lipinski definition) is 1. The highest BCUT2D eigenvalue weighted by Crippen LogP contribution is 2.48. The van der Waals surface area contributed by atoms with E-state index in [4.69, 9.17) is 71.9 Å². The Morgan fingerprint density at radius 1 is 1.10 bits per heavy atom. The molecule has 0 fully saturated rings. The molecule has 3 aromatic rings. The average Bonchev–Trinajstić information content (AvgIpc) is 3.35. The minimum atomic E-state index is -0.457. The van der Waals surface area contributed by atoms with E-state index in [2.05, 4.69) is 10.4 Å². The van der Waals surface area contributed by atoms with E-state index in [1.165, 1.54) is 16.9 Å². The van der Waals surface area contributed by atoms with Crippen molar-refractivity contribution in [2.75, 3.05) is 12.4 Å². The number of carbonyl (C=O) groups is 1. The zero-order valence-corrected chi connectivity index (χ0v) is 18.4. The second-order valence-electron chi connectivity index (χ2n) is 5.59. The Morgan fingerprint density at radius 2 is 1.76 bits per heavy atom. The average molecular weight is 500 g/mol. The van der Waals surface area contributed by atoms with E-state index in [9.17, 15) is 4.79 Å². The van der Waals surface area contributed by atoms with Crippen LogP contribution in [0.1, 0.15) is 16.3 Å². The highest BCUT2D eigenvalue weighted by molar-refractivity contribution is 6.55. The van der Waals surface area contributed by atoms with Crippen LogP contribution in [-0.4, -0.2) is 22.8 Å². The molecule has 29 heavy (non-hydrogen) atoms. The molecule has 0 spiro atoms. The summed E-state index contributed by atoms with van der Waals surface area (Å²) in [5, 5.41) is 6.79. The molecule has 2 aromatic heterocycles. The first kappa shape index (κ1) is 22.1. The second-order valence-corrected chi connectivity index (χ2v) is 7.48.